The van der Waals surface area contributed by atoms with Gasteiger partial charge in [0.1, 0.15) is 0 Å². The highest BCUT2D eigenvalue weighted by molar-refractivity contribution is 9.10. The smallest absolute Gasteiger partial charge is 0.175 e. The fraction of sp³-hybridized carbons (Fsp3) is 0.200. The summed E-state index contributed by atoms with van der Waals surface area (Å²) in [6, 6.07) is 14.3. The van der Waals surface area contributed by atoms with Crippen LogP contribution in [0.15, 0.2) is 46.9 Å². The lowest BCUT2D eigenvalue weighted by Crippen LogP contribution is -1.96. The first-order valence-corrected chi connectivity index (χ1v) is 6.49. The maximum Gasteiger partial charge on any atom is 0.175 e. The summed E-state index contributed by atoms with van der Waals surface area (Å²) in [5.74, 6) is 1.48. The Bertz CT molecular complexity index is 524. The van der Waals surface area contributed by atoms with Crippen LogP contribution >= 0.6 is 15.9 Å². The highest BCUT2D eigenvalue weighted by Gasteiger charge is 2.12. The summed E-state index contributed by atoms with van der Waals surface area (Å²) in [4.78, 5) is 0. The van der Waals surface area contributed by atoms with Gasteiger partial charge in [0.2, 0.25) is 0 Å². The third kappa shape index (κ3) is 2.67. The molecule has 94 valence electrons. The Labute approximate surface area is 116 Å². The molecule has 0 unspecified atom stereocenters. The van der Waals surface area contributed by atoms with Crippen LogP contribution < -0.4 is 9.47 Å². The summed E-state index contributed by atoms with van der Waals surface area (Å²) in [6.07, 6.45) is 0.863. The summed E-state index contributed by atoms with van der Waals surface area (Å²) in [5, 5.41) is 0. The molecule has 0 N–H and O–H groups in total. The lowest BCUT2D eigenvalue weighted by atomic mass is 10.0. The van der Waals surface area contributed by atoms with E-state index in [0.29, 0.717) is 0 Å². The van der Waals surface area contributed by atoms with Crippen LogP contribution in [0.4, 0.5) is 0 Å². The molecule has 0 amide bonds. The number of rotatable bonds is 4. The van der Waals surface area contributed by atoms with E-state index in [-0.39, 0.29) is 0 Å². The van der Waals surface area contributed by atoms with E-state index in [0.717, 1.165) is 22.4 Å². The van der Waals surface area contributed by atoms with Gasteiger partial charge in [0.25, 0.3) is 0 Å². The van der Waals surface area contributed by atoms with Gasteiger partial charge in [-0.05, 0) is 39.5 Å². The van der Waals surface area contributed by atoms with Crippen molar-refractivity contribution in [2.24, 2.45) is 0 Å². The number of hydrogen-bond donors (Lipinski definition) is 0. The normalized spacial score (nSPS) is 10.2. The van der Waals surface area contributed by atoms with Crippen molar-refractivity contribution in [2.45, 2.75) is 6.42 Å². The monoisotopic (exact) mass is 306 g/mol. The lowest BCUT2D eigenvalue weighted by Gasteiger charge is -2.13. The molecule has 0 fully saturated rings. The van der Waals surface area contributed by atoms with Crippen molar-refractivity contribution in [3.8, 4) is 11.5 Å². The van der Waals surface area contributed by atoms with Crippen LogP contribution in [0.5, 0.6) is 11.5 Å². The molecule has 0 bridgehead atoms. The molecule has 0 aliphatic heterocycles. The Morgan fingerprint density at radius 2 is 1.67 bits per heavy atom. The van der Waals surface area contributed by atoms with Crippen LogP contribution in [0.1, 0.15) is 11.1 Å². The van der Waals surface area contributed by atoms with Gasteiger partial charge in [-0.3, -0.25) is 0 Å². The Balaban J connectivity index is 2.35. The molecule has 3 heteroatoms. The van der Waals surface area contributed by atoms with E-state index in [1.54, 1.807) is 14.2 Å². The van der Waals surface area contributed by atoms with Gasteiger partial charge >= 0.3 is 0 Å². The summed E-state index contributed by atoms with van der Waals surface area (Å²) < 4.78 is 11.6. The molecular formula is C15H15BrO2. The third-order valence-corrected chi connectivity index (χ3v) is 3.67. The Morgan fingerprint density at radius 3 is 2.28 bits per heavy atom. The first-order valence-electron chi connectivity index (χ1n) is 5.69. The van der Waals surface area contributed by atoms with Crippen LogP contribution in [-0.4, -0.2) is 14.2 Å². The molecule has 0 radical (unpaired) electrons. The second kappa shape index (κ2) is 5.91. The second-order valence-electron chi connectivity index (χ2n) is 3.94. The van der Waals surface area contributed by atoms with Crippen LogP contribution in [-0.2, 0) is 6.42 Å². The van der Waals surface area contributed by atoms with Gasteiger partial charge in [-0.2, -0.15) is 0 Å². The van der Waals surface area contributed by atoms with Gasteiger partial charge in [-0.1, -0.05) is 36.4 Å². The first-order chi connectivity index (χ1) is 8.76. The molecule has 18 heavy (non-hydrogen) atoms. The number of hydrogen-bond acceptors (Lipinski definition) is 2. The minimum atomic E-state index is 0.737. The van der Waals surface area contributed by atoms with Crippen molar-refractivity contribution in [3.63, 3.8) is 0 Å². The molecular weight excluding hydrogens is 292 g/mol. The van der Waals surface area contributed by atoms with E-state index < -0.39 is 0 Å². The summed E-state index contributed by atoms with van der Waals surface area (Å²) in [5.41, 5.74) is 2.45. The fourth-order valence-corrected chi connectivity index (χ4v) is 2.51. The molecule has 0 saturated carbocycles. The maximum atomic E-state index is 5.37. The molecule has 0 heterocycles. The molecule has 0 spiro atoms. The van der Waals surface area contributed by atoms with E-state index in [1.165, 1.54) is 11.1 Å². The molecule has 0 aliphatic rings. The van der Waals surface area contributed by atoms with Gasteiger partial charge in [0, 0.05) is 0 Å². The van der Waals surface area contributed by atoms with Gasteiger partial charge in [-0.15, -0.1) is 0 Å². The Kier molecular flexibility index (Phi) is 4.26. The van der Waals surface area contributed by atoms with Crippen molar-refractivity contribution in [1.29, 1.82) is 0 Å². The standard InChI is InChI=1S/C15H15BrO2/c1-17-13-9-8-12(14(16)15(13)18-2)10-11-6-4-3-5-7-11/h3-9H,10H2,1-2H3. The minimum absolute atomic E-state index is 0.737. The van der Waals surface area contributed by atoms with Crippen molar-refractivity contribution in [3.05, 3.63) is 58.1 Å². The van der Waals surface area contributed by atoms with Crippen molar-refractivity contribution in [2.75, 3.05) is 14.2 Å². The fourth-order valence-electron chi connectivity index (χ4n) is 1.88. The molecule has 2 rings (SSSR count). The van der Waals surface area contributed by atoms with Crippen LogP contribution in [0.3, 0.4) is 0 Å². The Hall–Kier alpha value is -1.48. The number of methoxy groups -OCH3 is 2. The average molecular weight is 307 g/mol. The van der Waals surface area contributed by atoms with Gasteiger partial charge in [-0.25, -0.2) is 0 Å². The van der Waals surface area contributed by atoms with Crippen molar-refractivity contribution < 1.29 is 9.47 Å². The van der Waals surface area contributed by atoms with E-state index in [9.17, 15) is 0 Å². The SMILES string of the molecule is COc1ccc(Cc2ccccc2)c(Br)c1OC. The van der Waals surface area contributed by atoms with Crippen molar-refractivity contribution in [1.82, 2.24) is 0 Å². The lowest BCUT2D eigenvalue weighted by molar-refractivity contribution is 0.352. The van der Waals surface area contributed by atoms with Crippen LogP contribution in [0, 0.1) is 0 Å². The van der Waals surface area contributed by atoms with E-state index in [4.69, 9.17) is 9.47 Å². The molecule has 0 saturated heterocycles. The zero-order valence-corrected chi connectivity index (χ0v) is 12.0. The zero-order valence-electron chi connectivity index (χ0n) is 10.4. The molecule has 0 aromatic heterocycles. The number of benzene rings is 2. The third-order valence-electron chi connectivity index (χ3n) is 2.80. The van der Waals surface area contributed by atoms with Gasteiger partial charge < -0.3 is 9.47 Å². The summed E-state index contributed by atoms with van der Waals surface area (Å²) in [7, 11) is 3.29. The van der Waals surface area contributed by atoms with Gasteiger partial charge in [0.05, 0.1) is 18.7 Å². The molecule has 0 aliphatic carbocycles. The second-order valence-corrected chi connectivity index (χ2v) is 4.73. The summed E-state index contributed by atoms with van der Waals surface area (Å²) >= 11 is 3.59. The summed E-state index contributed by atoms with van der Waals surface area (Å²) in [6.45, 7) is 0. The molecule has 2 aromatic rings. The van der Waals surface area contributed by atoms with Crippen LogP contribution in [0.2, 0.25) is 0 Å². The predicted molar refractivity (Wildman–Crippen MR) is 76.5 cm³/mol. The highest BCUT2D eigenvalue weighted by Crippen LogP contribution is 2.38. The predicted octanol–water partition coefficient (Wildman–Crippen LogP) is 4.06. The van der Waals surface area contributed by atoms with E-state index in [1.807, 2.05) is 24.3 Å². The number of ether oxygens (including phenoxy) is 2. The van der Waals surface area contributed by atoms with Crippen LogP contribution in [0.25, 0.3) is 0 Å². The molecule has 2 nitrogen and oxygen atoms in total. The number of halogens is 1. The quantitative estimate of drug-likeness (QED) is 0.848. The average Bonchev–Trinajstić information content (AvgIpc) is 2.42. The topological polar surface area (TPSA) is 18.5 Å². The molecule has 0 atom stereocenters. The first kappa shape index (κ1) is 13.0. The minimum Gasteiger partial charge on any atom is -0.493 e. The van der Waals surface area contributed by atoms with Gasteiger partial charge in [0.15, 0.2) is 11.5 Å². The highest BCUT2D eigenvalue weighted by atomic mass is 79.9. The Morgan fingerprint density at radius 1 is 0.944 bits per heavy atom. The van der Waals surface area contributed by atoms with E-state index in [2.05, 4.69) is 34.1 Å². The maximum absolute atomic E-state index is 5.37. The molecule has 2 aromatic carbocycles. The largest absolute Gasteiger partial charge is 0.493 e. The van der Waals surface area contributed by atoms with Crippen molar-refractivity contribution >= 4 is 15.9 Å². The zero-order chi connectivity index (χ0) is 13.0. The van der Waals surface area contributed by atoms with E-state index >= 15 is 0 Å².